The molecular formula is C34H60I2N4O2+4. The molecule has 4 bridgehead atoms. The first kappa shape index (κ1) is 33.5. The van der Waals surface area contributed by atoms with Crippen molar-refractivity contribution in [2.45, 2.75) is 65.2 Å². The van der Waals surface area contributed by atoms with Gasteiger partial charge >= 0.3 is 0 Å². The van der Waals surface area contributed by atoms with E-state index in [2.05, 4.69) is 71.2 Å². The first-order valence-corrected chi connectivity index (χ1v) is 19.6. The molecule has 0 unspecified atom stereocenters. The first-order chi connectivity index (χ1) is 20.3. The number of hydrogen-bond donors (Lipinski definition) is 0. The molecule has 1 aromatic rings. The van der Waals surface area contributed by atoms with Gasteiger partial charge in [0.1, 0.15) is 116 Å². The summed E-state index contributed by atoms with van der Waals surface area (Å²) in [7, 11) is 0. The normalized spacial score (nSPS) is 31.9. The summed E-state index contributed by atoms with van der Waals surface area (Å²) in [5.41, 5.74) is 0. The van der Waals surface area contributed by atoms with Crippen molar-refractivity contribution in [3.8, 4) is 11.5 Å². The number of unbranched alkanes of at least 4 members (excludes halogenated alkanes) is 6. The van der Waals surface area contributed by atoms with Crippen LogP contribution in [0.2, 0.25) is 0 Å². The van der Waals surface area contributed by atoms with Gasteiger partial charge in [0.05, 0.1) is 20.2 Å². The van der Waals surface area contributed by atoms with Crippen LogP contribution in [-0.4, -0.2) is 136 Å². The van der Waals surface area contributed by atoms with E-state index >= 15 is 0 Å². The number of rotatable bonds is 18. The number of quaternary nitrogens is 4. The first-order valence-electron chi connectivity index (χ1n) is 17.5. The molecule has 6 aliphatic rings. The Morgan fingerprint density at radius 1 is 0.476 bits per heavy atom. The van der Waals surface area contributed by atoms with Crippen molar-refractivity contribution in [1.29, 1.82) is 0 Å². The van der Waals surface area contributed by atoms with Crippen LogP contribution in [-0.2, 0) is 0 Å². The molecule has 0 atom stereocenters. The van der Waals surface area contributed by atoms with Crippen molar-refractivity contribution in [3.63, 3.8) is 0 Å². The van der Waals surface area contributed by atoms with E-state index in [0.717, 1.165) is 37.8 Å². The summed E-state index contributed by atoms with van der Waals surface area (Å²) < 4.78 is 20.6. The van der Waals surface area contributed by atoms with Gasteiger partial charge in [-0.25, -0.2) is 0 Å². The number of hydrogen-bond acceptors (Lipinski definition) is 2. The van der Waals surface area contributed by atoms with E-state index < -0.39 is 0 Å². The summed E-state index contributed by atoms with van der Waals surface area (Å²) in [6, 6.07) is 4.42. The minimum Gasteiger partial charge on any atom is -0.487 e. The van der Waals surface area contributed by atoms with Gasteiger partial charge in [0, 0.05) is 0 Å². The van der Waals surface area contributed by atoms with Gasteiger partial charge in [-0.15, -0.1) is 0 Å². The molecule has 6 aliphatic heterocycles. The van der Waals surface area contributed by atoms with Crippen LogP contribution in [0.1, 0.15) is 65.2 Å². The molecule has 0 aromatic heterocycles. The maximum atomic E-state index is 6.43. The molecule has 0 aliphatic carbocycles. The number of halogens is 2. The van der Waals surface area contributed by atoms with E-state index in [0.29, 0.717) is 0 Å². The van der Waals surface area contributed by atoms with Crippen LogP contribution in [0.3, 0.4) is 0 Å². The van der Waals surface area contributed by atoms with Gasteiger partial charge in [0.2, 0.25) is 0 Å². The fourth-order valence-electron chi connectivity index (χ4n) is 8.41. The quantitative estimate of drug-likeness (QED) is 0.101. The topological polar surface area (TPSA) is 18.5 Å². The second-order valence-electron chi connectivity index (χ2n) is 14.5. The highest BCUT2D eigenvalue weighted by Gasteiger charge is 2.49. The van der Waals surface area contributed by atoms with E-state index in [4.69, 9.17) is 9.47 Å². The third-order valence-electron chi connectivity index (χ3n) is 11.9. The largest absolute Gasteiger partial charge is 0.487 e. The van der Waals surface area contributed by atoms with Crippen molar-refractivity contribution in [2.75, 3.05) is 118 Å². The lowest BCUT2D eigenvalue weighted by molar-refractivity contribution is -1.08. The Kier molecular flexibility index (Phi) is 12.1. The van der Waals surface area contributed by atoms with Crippen LogP contribution in [0.5, 0.6) is 11.5 Å². The van der Waals surface area contributed by atoms with Crippen LogP contribution >= 0.6 is 45.2 Å². The van der Waals surface area contributed by atoms with Gasteiger partial charge in [-0.05, 0) is 83.0 Å². The zero-order valence-corrected chi connectivity index (χ0v) is 31.2. The molecule has 238 valence electrons. The average Bonchev–Trinajstić information content (AvgIpc) is 3.02. The summed E-state index contributed by atoms with van der Waals surface area (Å²) in [5, 5.41) is 0. The Morgan fingerprint density at radius 3 is 1.10 bits per heavy atom. The van der Waals surface area contributed by atoms with Crippen LogP contribution in [0.15, 0.2) is 12.1 Å². The molecule has 42 heavy (non-hydrogen) atoms. The standard InChI is InChI=1S/C34H60I2N4O2/c1-3-5-7-9-11-37-13-19-39(20-14-37,21-15-37)25-27-41-33-29-32(36)34(30-31(33)35)42-28-26-40-22-16-38(17-23-40,18-24-40)12-10-8-6-4-2/h29-30H,3-28H2,1-2H3/q+4. The van der Waals surface area contributed by atoms with E-state index in [-0.39, 0.29) is 0 Å². The van der Waals surface area contributed by atoms with Gasteiger partial charge < -0.3 is 27.4 Å². The van der Waals surface area contributed by atoms with Crippen LogP contribution in [0.4, 0.5) is 0 Å². The summed E-state index contributed by atoms with van der Waals surface area (Å²) in [4.78, 5) is 0. The predicted molar refractivity (Wildman–Crippen MR) is 190 cm³/mol. The lowest BCUT2D eigenvalue weighted by Crippen LogP contribution is -2.75. The van der Waals surface area contributed by atoms with Crippen LogP contribution in [0, 0.1) is 7.14 Å². The third-order valence-corrected chi connectivity index (χ3v) is 13.6. The van der Waals surface area contributed by atoms with Gasteiger partial charge in [0.15, 0.2) is 0 Å². The molecule has 1 aromatic carbocycles. The maximum absolute atomic E-state index is 6.43. The number of nitrogens with zero attached hydrogens (tertiary/aromatic N) is 4. The van der Waals surface area contributed by atoms with E-state index in [1.54, 1.807) is 0 Å². The molecule has 6 fully saturated rings. The molecule has 7 rings (SSSR count). The number of ether oxygens (including phenoxy) is 2. The zero-order valence-electron chi connectivity index (χ0n) is 26.9. The molecule has 0 spiro atoms. The van der Waals surface area contributed by atoms with Crippen molar-refractivity contribution in [3.05, 3.63) is 19.3 Å². The van der Waals surface area contributed by atoms with Crippen molar-refractivity contribution in [2.24, 2.45) is 0 Å². The molecule has 8 heteroatoms. The van der Waals surface area contributed by atoms with E-state index in [1.807, 2.05) is 0 Å². The molecule has 0 amide bonds. The average molecular weight is 811 g/mol. The summed E-state index contributed by atoms with van der Waals surface area (Å²) in [6.45, 7) is 27.8. The number of benzene rings is 1. The monoisotopic (exact) mass is 810 g/mol. The highest BCUT2D eigenvalue weighted by atomic mass is 127. The third kappa shape index (κ3) is 8.28. The Morgan fingerprint density at radius 2 is 0.786 bits per heavy atom. The summed E-state index contributed by atoms with van der Waals surface area (Å²) in [5.74, 6) is 2.06. The van der Waals surface area contributed by atoms with Crippen molar-refractivity contribution < 1.29 is 27.4 Å². The van der Waals surface area contributed by atoms with Crippen molar-refractivity contribution in [1.82, 2.24) is 0 Å². The zero-order chi connectivity index (χ0) is 29.5. The Balaban J connectivity index is 1.03. The smallest absolute Gasteiger partial charge is 0.137 e. The van der Waals surface area contributed by atoms with Crippen LogP contribution in [0.25, 0.3) is 0 Å². The molecular weight excluding hydrogens is 750 g/mol. The second-order valence-corrected chi connectivity index (χ2v) is 16.8. The number of fused-ring (bicyclic) bond motifs is 6. The van der Waals surface area contributed by atoms with Gasteiger partial charge in [-0.2, -0.15) is 0 Å². The Hall–Kier alpha value is 0.120. The molecule has 0 saturated carbocycles. The van der Waals surface area contributed by atoms with Gasteiger partial charge in [-0.3, -0.25) is 0 Å². The molecule has 6 heterocycles. The predicted octanol–water partition coefficient (Wildman–Crippen LogP) is 6.14. The molecule has 6 nitrogen and oxygen atoms in total. The van der Waals surface area contributed by atoms with Gasteiger partial charge in [0.25, 0.3) is 0 Å². The minimum atomic E-state index is 0.821. The van der Waals surface area contributed by atoms with Crippen molar-refractivity contribution >= 4 is 45.2 Å². The van der Waals surface area contributed by atoms with E-state index in [9.17, 15) is 0 Å². The maximum Gasteiger partial charge on any atom is 0.137 e. The van der Waals surface area contributed by atoms with Crippen LogP contribution < -0.4 is 9.47 Å². The Labute approximate surface area is 284 Å². The molecule has 0 radical (unpaired) electrons. The number of piperazine rings is 6. The lowest BCUT2D eigenvalue weighted by Gasteiger charge is -2.55. The highest BCUT2D eigenvalue weighted by molar-refractivity contribution is 14.1. The van der Waals surface area contributed by atoms with E-state index in [1.165, 1.54) is 168 Å². The second kappa shape index (κ2) is 15.1. The molecule has 6 saturated heterocycles. The Bertz CT molecular complexity index is 893. The summed E-state index contributed by atoms with van der Waals surface area (Å²) in [6.07, 6.45) is 11.2. The summed E-state index contributed by atoms with van der Waals surface area (Å²) >= 11 is 4.89. The lowest BCUT2D eigenvalue weighted by atomic mass is 10.1. The fraction of sp³-hybridized carbons (Fsp3) is 0.824. The highest BCUT2D eigenvalue weighted by Crippen LogP contribution is 2.33. The fourth-order valence-corrected chi connectivity index (χ4v) is 9.60. The molecule has 0 N–H and O–H groups in total. The SMILES string of the molecule is CCCCCC[N+]12CC[N+](CCOc3cc(I)c(OCC[N+]45CC[N+](CCCCCC)(CC4)CC5)cc3I)(CC1)CC2. The van der Waals surface area contributed by atoms with Gasteiger partial charge in [-0.1, -0.05) is 39.5 Å². The minimum absolute atomic E-state index is 0.821.